The Balaban J connectivity index is 0.00000556. The first-order valence-corrected chi connectivity index (χ1v) is 38.3. The molecule has 110 heavy (non-hydrogen) atoms. The number of aliphatic imine (C=N–C) groups is 3. The maximum absolute atomic E-state index is 14.5. The van der Waals surface area contributed by atoms with Gasteiger partial charge in [0.1, 0.15) is 18.3 Å². The largest absolute Gasteiger partial charge is 3.00 e. The van der Waals surface area contributed by atoms with Gasteiger partial charge in [0.05, 0.1) is 60.2 Å². The number of esters is 1. The number of pyridine rings is 1. The van der Waals surface area contributed by atoms with E-state index < -0.39 is 143 Å². The van der Waals surface area contributed by atoms with Gasteiger partial charge in [-0.05, 0) is 145 Å². The Kier molecular flexibility index (Phi) is 29.4. The van der Waals surface area contributed by atoms with Crippen LogP contribution in [0.5, 0.6) is 0 Å². The van der Waals surface area contributed by atoms with E-state index in [1.54, 1.807) is 26.1 Å². The number of fused-ring (bicyclic) bond motifs is 7. The molecule has 14 N–H and O–H groups in total. The van der Waals surface area contributed by atoms with Crippen molar-refractivity contribution in [2.45, 2.75) is 209 Å². The first-order valence-electron chi connectivity index (χ1n) is 36.9. The molecule has 6 aliphatic rings. The van der Waals surface area contributed by atoms with Crippen LogP contribution in [0.4, 0.5) is 0 Å². The number of aliphatic hydroxyl groups is 2. The van der Waals surface area contributed by atoms with Crippen LogP contribution in [-0.4, -0.2) is 169 Å². The van der Waals surface area contributed by atoms with Crippen LogP contribution in [-0.2, 0) is 84.8 Å². The van der Waals surface area contributed by atoms with Gasteiger partial charge in [-0.15, -0.1) is 0 Å². The SMILES string of the molecule is CCOC(=O)CN(CCCNC(=O)CC[C@@H]1C2=NC(=C(/C)C3=N[C@@](C)([C@@H]4[N-]/C(=C(/C)C5=N/C(=C\2)C(C)(C)[C@@H]5CCC(N)=O)[C@](C)(CCC(=O)NC[C@H](C)OP(=O)([O-])O[C@H]2[C@@H](O)[C@@H](n5cnc6cc(C)c(C)cc65)O[C@@H]2CO)[C@H]4CC(N)=O)[C@@](C)(CC(N)=O)[C@@H]3CCC(N)=O)/[C@@]1(C)CC(N)=O)Cc1ccccn1.[C-]#N.[Co+3]. The average Bonchev–Trinajstić information content (AvgIpc) is 1.53. The molecular formula is C76H106CoN16O16P. The zero-order valence-electron chi connectivity index (χ0n) is 64.6. The maximum Gasteiger partial charge on any atom is 3.00 e. The van der Waals surface area contributed by atoms with Crippen LogP contribution in [0.1, 0.15) is 169 Å². The van der Waals surface area contributed by atoms with Gasteiger partial charge in [0.2, 0.25) is 41.4 Å². The Labute approximate surface area is 651 Å². The van der Waals surface area contributed by atoms with Gasteiger partial charge in [-0.1, -0.05) is 46.7 Å². The predicted octanol–water partition coefficient (Wildman–Crippen LogP) is 4.89. The van der Waals surface area contributed by atoms with E-state index in [0.29, 0.717) is 75.9 Å². The molecule has 9 rings (SSSR count). The number of ether oxygens (including phenoxy) is 2. The topological polar surface area (TPSA) is 517 Å². The summed E-state index contributed by atoms with van der Waals surface area (Å²) in [6, 6.07) is 8.14. The first kappa shape index (κ1) is 88.8. The van der Waals surface area contributed by atoms with Crippen LogP contribution < -0.4 is 44.2 Å². The van der Waals surface area contributed by atoms with E-state index in [4.69, 9.17) is 79.3 Å². The summed E-state index contributed by atoms with van der Waals surface area (Å²) in [6.45, 7) is 26.7. The molecule has 8 heterocycles. The minimum absolute atomic E-state index is 0. The summed E-state index contributed by atoms with van der Waals surface area (Å²) in [5.74, 6) is -7.75. The Morgan fingerprint density at radius 3 is 2.08 bits per heavy atom. The van der Waals surface area contributed by atoms with E-state index in [-0.39, 0.29) is 120 Å². The summed E-state index contributed by atoms with van der Waals surface area (Å²) in [4.78, 5) is 150. The molecule has 2 aromatic heterocycles. The number of phosphoric ester groups is 1. The number of phosphoric acid groups is 1. The first-order chi connectivity index (χ1) is 51.2. The van der Waals surface area contributed by atoms with Gasteiger partial charge in [0, 0.05) is 134 Å². The molecule has 0 saturated carbocycles. The molecule has 0 spiro atoms. The Morgan fingerprint density at radius 1 is 0.818 bits per heavy atom. The molecule has 2 saturated heterocycles. The summed E-state index contributed by atoms with van der Waals surface area (Å²) < 4.78 is 37.3. The molecule has 3 aromatic rings. The molecule has 2 fully saturated rings. The van der Waals surface area contributed by atoms with E-state index in [0.717, 1.165) is 16.8 Å². The molecule has 600 valence electrons. The van der Waals surface area contributed by atoms with E-state index in [1.807, 2.05) is 97.6 Å². The van der Waals surface area contributed by atoms with Crippen molar-refractivity contribution >= 4 is 83.3 Å². The second kappa shape index (κ2) is 36.4. The summed E-state index contributed by atoms with van der Waals surface area (Å²) in [7, 11) is -5.35. The number of carbonyl (C=O) groups excluding carboxylic acids is 8. The number of nitrogens with two attached hydrogens (primary N) is 5. The van der Waals surface area contributed by atoms with Crippen molar-refractivity contribution in [2.75, 3.05) is 39.4 Å². The number of hydrogen-bond donors (Lipinski definition) is 9. The van der Waals surface area contributed by atoms with E-state index in [2.05, 4.69) is 20.6 Å². The number of rotatable bonds is 35. The number of aryl methyl sites for hydroxylation is 2. The van der Waals surface area contributed by atoms with Crippen molar-refractivity contribution in [3.63, 3.8) is 0 Å². The molecule has 6 aliphatic heterocycles. The third-order valence-corrected chi connectivity index (χ3v) is 24.3. The fourth-order valence-electron chi connectivity index (χ4n) is 17.3. The number of hydrogen-bond acceptors (Lipinski definition) is 23. The number of imidazole rings is 1. The van der Waals surface area contributed by atoms with Gasteiger partial charge >= 0.3 is 22.7 Å². The fraction of sp³-hybridized carbons (Fsp3) is 0.605. The maximum atomic E-state index is 14.5. The monoisotopic (exact) mass is 1590 g/mol. The van der Waals surface area contributed by atoms with Gasteiger partial charge in [-0.3, -0.25) is 67.8 Å². The number of aliphatic hydroxyl groups excluding tert-OH is 2. The number of benzene rings is 1. The number of nitrogens with zero attached hydrogens (tertiary/aromatic N) is 9. The number of allylic oxidation sites excluding steroid dienone is 6. The summed E-state index contributed by atoms with van der Waals surface area (Å²) in [5, 5.41) is 39.6. The minimum Gasteiger partial charge on any atom is -0.756 e. The number of amides is 7. The Hall–Kier alpha value is -8.42. The predicted molar refractivity (Wildman–Crippen MR) is 401 cm³/mol. The molecule has 7 amide bonds. The molecule has 0 aliphatic carbocycles. The van der Waals surface area contributed by atoms with Crippen molar-refractivity contribution in [2.24, 2.45) is 89.0 Å². The average molecular weight is 1590 g/mol. The summed E-state index contributed by atoms with van der Waals surface area (Å²) in [6.07, 6.45) is -2.89. The van der Waals surface area contributed by atoms with Gasteiger partial charge in [0.25, 0.3) is 7.82 Å². The van der Waals surface area contributed by atoms with Crippen LogP contribution in [0.15, 0.2) is 92.1 Å². The normalized spacial score (nSPS) is 29.8. The second-order valence-corrected chi connectivity index (χ2v) is 32.4. The van der Waals surface area contributed by atoms with Gasteiger partial charge in [-0.2, -0.15) is 5.70 Å². The van der Waals surface area contributed by atoms with Gasteiger partial charge in [0.15, 0.2) is 6.23 Å². The van der Waals surface area contributed by atoms with Gasteiger partial charge in [-0.25, -0.2) is 4.98 Å². The number of primary amides is 5. The van der Waals surface area contributed by atoms with Crippen molar-refractivity contribution in [1.82, 2.24) is 30.1 Å². The molecule has 8 bridgehead atoms. The third-order valence-electron chi connectivity index (χ3n) is 23.2. The summed E-state index contributed by atoms with van der Waals surface area (Å²) in [5.41, 5.74) is 31.8. The van der Waals surface area contributed by atoms with E-state index in [9.17, 15) is 58.0 Å². The standard InChI is InChI=1S/C75H108N15O16P.CN.Co/c1-13-103-62(99)37-89(36-45-17-14-15-26-81-45)28-16-27-82-60(97)23-20-46-50-32-54-71(7,8)47(18-21-55(76)92)63(86-54)43(5)67-72(9,25-24-61(98)83-35-42(4)105-107(101,102)106-66-53(38-91)104-70(65(66)100)90-39-84-51-29-40(2)41(3)30-52(51)90)49(31-57(78)94)69(87-67)75(12)74(11,34-59(80)96)48(19-22-56(77)93)64(88-75)44(6)68(85-50)73(46,10)33-58(79)95;1-2;/h14-15,17,26,29-30,32,39,42,46-49,53,65-66,69-70,91,100H,13,16,18-25,27-28,31,33-38H2,1-12H3,(H14,76,77,78,79,80,82,83,85,86,87,88,92,93,94,95,96,97,98,101,102);;/q;-1;+3/p-2/t42-,46+,47+,48+,49-,53+,65+,66+,69+,70-,72+,73-,74-,75-;;/m0../s1. The molecule has 32 nitrogen and oxygen atoms in total. The van der Waals surface area contributed by atoms with Crippen LogP contribution in [0.2, 0.25) is 0 Å². The van der Waals surface area contributed by atoms with Crippen molar-refractivity contribution in [3.05, 3.63) is 106 Å². The van der Waals surface area contributed by atoms with Crippen LogP contribution in [0.25, 0.3) is 16.4 Å². The zero-order chi connectivity index (χ0) is 80.6. The van der Waals surface area contributed by atoms with Crippen LogP contribution in [0.3, 0.4) is 0 Å². The smallest absolute Gasteiger partial charge is 0.756 e. The van der Waals surface area contributed by atoms with Crippen molar-refractivity contribution < 1.29 is 93.3 Å². The van der Waals surface area contributed by atoms with E-state index in [1.165, 1.54) is 17.8 Å². The van der Waals surface area contributed by atoms with Crippen molar-refractivity contribution in [1.29, 1.82) is 5.26 Å². The zero-order valence-corrected chi connectivity index (χ0v) is 66.6. The molecule has 0 radical (unpaired) electrons. The Bertz CT molecular complexity index is 4260. The molecule has 15 atom stereocenters. The molecule has 34 heteroatoms. The van der Waals surface area contributed by atoms with Crippen molar-refractivity contribution in [3.8, 4) is 0 Å². The number of carbonyl (C=O) groups is 8. The van der Waals surface area contributed by atoms with Crippen LogP contribution >= 0.6 is 7.82 Å². The summed E-state index contributed by atoms with van der Waals surface area (Å²) >= 11 is 0. The van der Waals surface area contributed by atoms with Crippen LogP contribution in [0, 0.1) is 71.0 Å². The quantitative estimate of drug-likeness (QED) is 0.0164. The number of aromatic nitrogens is 3. The third kappa shape index (κ3) is 19.2. The van der Waals surface area contributed by atoms with E-state index >= 15 is 0 Å². The Morgan fingerprint density at radius 2 is 1.46 bits per heavy atom. The minimum atomic E-state index is -5.35. The van der Waals surface area contributed by atoms with Gasteiger partial charge < -0.3 is 94.6 Å². The fourth-order valence-corrected chi connectivity index (χ4v) is 18.4. The molecule has 1 aromatic carbocycles. The molecule has 1 unspecified atom stereocenters. The second-order valence-electron chi connectivity index (χ2n) is 31.1. The number of nitrogens with one attached hydrogen (secondary N) is 2. The molecular weight excluding hydrogens is 1480 g/mol.